The van der Waals surface area contributed by atoms with E-state index in [4.69, 9.17) is 0 Å². The normalized spacial score (nSPS) is 13.0. The Morgan fingerprint density at radius 2 is 0.817 bits per heavy atom. The molecule has 0 bridgehead atoms. The molecule has 2 aliphatic rings. The van der Waals surface area contributed by atoms with Crippen LogP contribution < -0.4 is 9.80 Å². The van der Waals surface area contributed by atoms with Gasteiger partial charge in [0, 0.05) is 32.9 Å². The van der Waals surface area contributed by atoms with Crippen LogP contribution in [-0.2, 0) is 25.7 Å². The van der Waals surface area contributed by atoms with Crippen molar-refractivity contribution in [1.82, 2.24) is 0 Å². The molecule has 2 aliphatic carbocycles. The predicted molar refractivity (Wildman–Crippen MR) is 259 cm³/mol. The molecule has 0 heterocycles. The van der Waals surface area contributed by atoms with Crippen LogP contribution in [0, 0.1) is 0 Å². The van der Waals surface area contributed by atoms with Gasteiger partial charge in [0.2, 0.25) is 0 Å². The van der Waals surface area contributed by atoms with Gasteiger partial charge in [0.1, 0.15) is 0 Å². The van der Waals surface area contributed by atoms with Crippen LogP contribution in [0.2, 0.25) is 0 Å². The molecule has 10 aromatic carbocycles. The first-order valence-corrected chi connectivity index (χ1v) is 21.6. The van der Waals surface area contributed by atoms with Gasteiger partial charge in [0.05, 0.1) is 22.7 Å². The van der Waals surface area contributed by atoms with E-state index in [2.05, 4.69) is 206 Å². The van der Waals surface area contributed by atoms with Crippen molar-refractivity contribution >= 4 is 100 Å². The Labute approximate surface area is 351 Å². The maximum atomic E-state index is 2.54. The fourth-order valence-electron chi connectivity index (χ4n) is 10.4. The molecule has 286 valence electrons. The van der Waals surface area contributed by atoms with Crippen molar-refractivity contribution in [2.24, 2.45) is 0 Å². The zero-order valence-electron chi connectivity index (χ0n) is 34.0. The van der Waals surface area contributed by atoms with E-state index < -0.39 is 0 Å². The maximum Gasteiger partial charge on any atom is 0.0543 e. The van der Waals surface area contributed by atoms with Crippen LogP contribution in [0.15, 0.2) is 170 Å². The quantitative estimate of drug-likeness (QED) is 0.142. The molecule has 0 saturated carbocycles. The van der Waals surface area contributed by atoms with Gasteiger partial charge in [-0.3, -0.25) is 0 Å². The monoisotopic (exact) mass is 768 g/mol. The summed E-state index contributed by atoms with van der Waals surface area (Å²) in [5, 5.41) is 12.9. The Balaban J connectivity index is 1.19. The molecule has 0 aromatic heterocycles. The van der Waals surface area contributed by atoms with Gasteiger partial charge in [-0.15, -0.1) is 0 Å². The third-order valence-corrected chi connectivity index (χ3v) is 13.3. The molecule has 0 radical (unpaired) electrons. The molecule has 12 rings (SSSR count). The Morgan fingerprint density at radius 1 is 0.383 bits per heavy atom. The molecular weight excluding hydrogens is 725 g/mol. The zero-order chi connectivity index (χ0) is 39.9. The Hall–Kier alpha value is -7.16. The van der Waals surface area contributed by atoms with Crippen LogP contribution in [0.1, 0.15) is 47.2 Å². The average molecular weight is 769 g/mol. The molecule has 0 fully saturated rings. The molecule has 0 N–H and O–H groups in total. The van der Waals surface area contributed by atoms with Gasteiger partial charge in [-0.1, -0.05) is 147 Å². The Kier molecular flexibility index (Phi) is 7.96. The molecule has 10 aromatic rings. The number of allylic oxidation sites excluding steroid dienone is 2. The van der Waals surface area contributed by atoms with Crippen molar-refractivity contribution in [2.45, 2.75) is 39.5 Å². The first kappa shape index (κ1) is 34.8. The van der Waals surface area contributed by atoms with Gasteiger partial charge < -0.3 is 9.80 Å². The first-order chi connectivity index (χ1) is 29.7. The van der Waals surface area contributed by atoms with E-state index in [0.717, 1.165) is 25.7 Å². The van der Waals surface area contributed by atoms with E-state index in [-0.39, 0.29) is 0 Å². The SMILES string of the molecule is CCc1cc(N(c2ccc3c(c2)C=CC3)c2cccc3ccccc23)c2ccc3c(CC)cc(N(c4ccc5c(c4)C=CC5)c4cccc5ccccc45)c4ccc1c2c34. The second kappa shape index (κ2) is 13.7. The Morgan fingerprint density at radius 3 is 1.28 bits per heavy atom. The highest BCUT2D eigenvalue weighted by atomic mass is 15.2. The third-order valence-electron chi connectivity index (χ3n) is 13.3. The van der Waals surface area contributed by atoms with Gasteiger partial charge in [-0.25, -0.2) is 0 Å². The van der Waals surface area contributed by atoms with Crippen molar-refractivity contribution < 1.29 is 0 Å². The summed E-state index contributed by atoms with van der Waals surface area (Å²) in [4.78, 5) is 5.09. The standard InChI is InChI=1S/C58H44N2/c1-3-37-35-55(59(45-27-25-39-15-9-19-43(39)33-45)53-23-11-17-41-13-5-7-21-47(41)53)51-32-30-50-38(4-2)36-56(52-31-29-49(37)57(51)58(50)52)60(46-28-26-40-16-10-20-44(40)34-46)54-24-12-18-42-14-6-8-22-48(42)54/h5-14,17-36H,3-4,15-16H2,1-2H3. The summed E-state index contributed by atoms with van der Waals surface area (Å²) in [5.41, 5.74) is 15.3. The van der Waals surface area contributed by atoms with Crippen molar-refractivity contribution in [3.8, 4) is 0 Å². The molecule has 0 atom stereocenters. The summed E-state index contributed by atoms with van der Waals surface area (Å²) in [6.07, 6.45) is 13.0. The second-order valence-corrected chi connectivity index (χ2v) is 16.5. The predicted octanol–water partition coefficient (Wildman–Crippen LogP) is 16.1. The lowest BCUT2D eigenvalue weighted by Crippen LogP contribution is -2.13. The number of rotatable bonds is 8. The number of nitrogens with zero attached hydrogens (tertiary/aromatic N) is 2. The lowest BCUT2D eigenvalue weighted by molar-refractivity contribution is 1.15. The van der Waals surface area contributed by atoms with E-state index in [9.17, 15) is 0 Å². The highest BCUT2D eigenvalue weighted by molar-refractivity contribution is 6.29. The van der Waals surface area contributed by atoms with Crippen molar-refractivity contribution in [1.29, 1.82) is 0 Å². The lowest BCUT2D eigenvalue weighted by Gasteiger charge is -2.32. The maximum absolute atomic E-state index is 2.54. The van der Waals surface area contributed by atoms with Crippen LogP contribution in [0.4, 0.5) is 34.1 Å². The number of anilines is 6. The largest absolute Gasteiger partial charge is 0.309 e. The number of hydrogen-bond donors (Lipinski definition) is 0. The molecule has 0 aliphatic heterocycles. The van der Waals surface area contributed by atoms with Gasteiger partial charge >= 0.3 is 0 Å². The minimum atomic E-state index is 0.926. The van der Waals surface area contributed by atoms with Crippen LogP contribution in [0.5, 0.6) is 0 Å². The van der Waals surface area contributed by atoms with Crippen LogP contribution in [0.25, 0.3) is 66.0 Å². The van der Waals surface area contributed by atoms with Crippen LogP contribution >= 0.6 is 0 Å². The van der Waals surface area contributed by atoms with E-state index >= 15 is 0 Å². The van der Waals surface area contributed by atoms with Gasteiger partial charge in [-0.05, 0) is 140 Å². The van der Waals surface area contributed by atoms with Crippen molar-refractivity contribution in [2.75, 3.05) is 9.80 Å². The van der Waals surface area contributed by atoms with Crippen molar-refractivity contribution in [3.05, 3.63) is 203 Å². The van der Waals surface area contributed by atoms with E-state index in [1.54, 1.807) is 0 Å². The Bertz CT molecular complexity index is 3180. The first-order valence-electron chi connectivity index (χ1n) is 21.6. The van der Waals surface area contributed by atoms with Crippen LogP contribution in [-0.4, -0.2) is 0 Å². The zero-order valence-corrected chi connectivity index (χ0v) is 34.0. The number of benzene rings is 10. The smallest absolute Gasteiger partial charge is 0.0543 e. The molecule has 0 amide bonds. The minimum Gasteiger partial charge on any atom is -0.309 e. The summed E-state index contributed by atoms with van der Waals surface area (Å²) in [5.74, 6) is 0. The summed E-state index contributed by atoms with van der Waals surface area (Å²) in [6, 6.07) is 59.9. The molecule has 0 saturated heterocycles. The van der Waals surface area contributed by atoms with Crippen LogP contribution in [0.3, 0.4) is 0 Å². The molecule has 2 nitrogen and oxygen atoms in total. The highest BCUT2D eigenvalue weighted by Crippen LogP contribution is 2.51. The topological polar surface area (TPSA) is 6.48 Å². The van der Waals surface area contributed by atoms with E-state index in [1.807, 2.05) is 0 Å². The summed E-state index contributed by atoms with van der Waals surface area (Å²) in [7, 11) is 0. The molecule has 2 heteroatoms. The summed E-state index contributed by atoms with van der Waals surface area (Å²) in [6.45, 7) is 4.62. The summed E-state index contributed by atoms with van der Waals surface area (Å²) < 4.78 is 0. The average Bonchev–Trinajstić information content (AvgIpc) is 3.99. The minimum absolute atomic E-state index is 0.926. The molecular formula is C58H44N2. The van der Waals surface area contributed by atoms with Gasteiger partial charge in [-0.2, -0.15) is 0 Å². The molecule has 60 heavy (non-hydrogen) atoms. The van der Waals surface area contributed by atoms with Gasteiger partial charge in [0.15, 0.2) is 0 Å². The molecule has 0 spiro atoms. The van der Waals surface area contributed by atoms with Gasteiger partial charge in [0.25, 0.3) is 0 Å². The number of aryl methyl sites for hydroxylation is 2. The second-order valence-electron chi connectivity index (χ2n) is 16.5. The van der Waals surface area contributed by atoms with E-state index in [0.29, 0.717) is 0 Å². The number of hydrogen-bond acceptors (Lipinski definition) is 2. The summed E-state index contributed by atoms with van der Waals surface area (Å²) >= 11 is 0. The highest BCUT2D eigenvalue weighted by Gasteiger charge is 2.26. The molecule has 0 unspecified atom stereocenters. The van der Waals surface area contributed by atoms with Crippen molar-refractivity contribution in [3.63, 3.8) is 0 Å². The fourth-order valence-corrected chi connectivity index (χ4v) is 10.4. The third kappa shape index (κ3) is 5.27. The number of fused-ring (bicyclic) bond motifs is 4. The van der Waals surface area contributed by atoms with E-state index in [1.165, 1.54) is 121 Å². The fraction of sp³-hybridized carbons (Fsp3) is 0.103. The lowest BCUT2D eigenvalue weighted by atomic mass is 9.86.